The molecule has 4 rings (SSSR count). The number of pyridine rings is 1. The lowest BCUT2D eigenvalue weighted by molar-refractivity contribution is -0.118. The van der Waals surface area contributed by atoms with E-state index in [-0.39, 0.29) is 12.5 Å². The zero-order valence-electron chi connectivity index (χ0n) is 10.8. The second-order valence-corrected chi connectivity index (χ2v) is 5.21. The number of nitrogens with zero attached hydrogens (tertiary/aromatic N) is 1. The molecule has 0 atom stereocenters. The predicted octanol–water partition coefficient (Wildman–Crippen LogP) is 3.21. The second-order valence-electron chi connectivity index (χ2n) is 4.80. The molecular weight excluding hydrogens is 290 g/mol. The molecule has 21 heavy (non-hydrogen) atoms. The lowest BCUT2D eigenvalue weighted by Crippen LogP contribution is -2.25. The first-order valence-corrected chi connectivity index (χ1v) is 6.78. The molecule has 0 bridgehead atoms. The number of aromatic nitrogens is 2. The van der Waals surface area contributed by atoms with Crippen LogP contribution in [0.5, 0.6) is 5.75 Å². The minimum atomic E-state index is -0.179. The van der Waals surface area contributed by atoms with E-state index in [4.69, 9.17) is 16.3 Å². The Morgan fingerprint density at radius 2 is 2.19 bits per heavy atom. The highest BCUT2D eigenvalue weighted by atomic mass is 35.5. The fraction of sp³-hybridized carbons (Fsp3) is 0.0667. The third kappa shape index (κ3) is 2.02. The number of anilines is 1. The van der Waals surface area contributed by atoms with Gasteiger partial charge in [0.15, 0.2) is 6.61 Å². The normalized spacial score (nSPS) is 13.7. The highest BCUT2D eigenvalue weighted by Gasteiger charge is 2.19. The Balaban J connectivity index is 1.86. The van der Waals surface area contributed by atoms with Crippen molar-refractivity contribution in [3.05, 3.63) is 41.7 Å². The lowest BCUT2D eigenvalue weighted by Gasteiger charge is -2.19. The van der Waals surface area contributed by atoms with E-state index in [0.29, 0.717) is 16.5 Å². The lowest BCUT2D eigenvalue weighted by atomic mass is 10.1. The molecular formula is C15H10ClN3O2. The van der Waals surface area contributed by atoms with Crippen molar-refractivity contribution in [1.29, 1.82) is 0 Å². The zero-order chi connectivity index (χ0) is 14.4. The minimum absolute atomic E-state index is 0.0170. The Labute approximate surface area is 124 Å². The zero-order valence-corrected chi connectivity index (χ0v) is 11.6. The molecule has 2 aromatic heterocycles. The van der Waals surface area contributed by atoms with E-state index in [9.17, 15) is 4.79 Å². The van der Waals surface area contributed by atoms with Crippen LogP contribution in [0.15, 0.2) is 36.7 Å². The third-order valence-electron chi connectivity index (χ3n) is 3.41. The standard InChI is InChI=1S/C15H10ClN3O2/c16-11-5-12-13(21-7-14(20)19-12)4-10(11)9-3-8-1-2-17-15(8)18-6-9/h1-6H,7H2,(H,17,18)(H,19,20). The first-order chi connectivity index (χ1) is 10.2. The number of nitrogens with one attached hydrogen (secondary N) is 2. The fourth-order valence-corrected chi connectivity index (χ4v) is 2.68. The van der Waals surface area contributed by atoms with E-state index in [1.54, 1.807) is 12.3 Å². The molecule has 6 heteroatoms. The van der Waals surface area contributed by atoms with E-state index in [2.05, 4.69) is 15.3 Å². The maximum atomic E-state index is 11.3. The van der Waals surface area contributed by atoms with E-state index in [0.717, 1.165) is 22.2 Å². The van der Waals surface area contributed by atoms with E-state index >= 15 is 0 Å². The molecule has 0 aliphatic carbocycles. The third-order valence-corrected chi connectivity index (χ3v) is 3.73. The topological polar surface area (TPSA) is 67.0 Å². The molecule has 1 aromatic carbocycles. The Kier molecular flexibility index (Phi) is 2.62. The second kappa shape index (κ2) is 4.49. The number of halogens is 1. The van der Waals surface area contributed by atoms with Crippen LogP contribution in [-0.2, 0) is 4.79 Å². The van der Waals surface area contributed by atoms with E-state index in [1.807, 2.05) is 24.4 Å². The average molecular weight is 300 g/mol. The molecule has 5 nitrogen and oxygen atoms in total. The number of hydrogen-bond acceptors (Lipinski definition) is 3. The largest absolute Gasteiger partial charge is 0.482 e. The number of fused-ring (bicyclic) bond motifs is 2. The maximum absolute atomic E-state index is 11.3. The molecule has 3 heterocycles. The molecule has 0 spiro atoms. The molecule has 0 saturated carbocycles. The van der Waals surface area contributed by atoms with Crippen LogP contribution in [0.2, 0.25) is 5.02 Å². The monoisotopic (exact) mass is 299 g/mol. The van der Waals surface area contributed by atoms with Gasteiger partial charge in [-0.1, -0.05) is 11.6 Å². The highest BCUT2D eigenvalue weighted by molar-refractivity contribution is 6.34. The van der Waals surface area contributed by atoms with Crippen molar-refractivity contribution in [3.63, 3.8) is 0 Å². The maximum Gasteiger partial charge on any atom is 0.262 e. The van der Waals surface area contributed by atoms with Gasteiger partial charge in [0.25, 0.3) is 5.91 Å². The van der Waals surface area contributed by atoms with Gasteiger partial charge in [-0.2, -0.15) is 0 Å². The van der Waals surface area contributed by atoms with Crippen molar-refractivity contribution in [1.82, 2.24) is 9.97 Å². The molecule has 104 valence electrons. The fourth-order valence-electron chi connectivity index (χ4n) is 2.41. The molecule has 0 unspecified atom stereocenters. The van der Waals surface area contributed by atoms with E-state index in [1.165, 1.54) is 0 Å². The van der Waals surface area contributed by atoms with Gasteiger partial charge in [-0.15, -0.1) is 0 Å². The van der Waals surface area contributed by atoms with Gasteiger partial charge in [0.2, 0.25) is 0 Å². The summed E-state index contributed by atoms with van der Waals surface area (Å²) in [5.41, 5.74) is 3.14. The van der Waals surface area contributed by atoms with Gasteiger partial charge < -0.3 is 15.0 Å². The Morgan fingerprint density at radius 3 is 3.10 bits per heavy atom. The number of H-pyrrole nitrogens is 1. The van der Waals surface area contributed by atoms with Crippen LogP contribution in [-0.4, -0.2) is 22.5 Å². The molecule has 1 amide bonds. The van der Waals surface area contributed by atoms with Crippen LogP contribution < -0.4 is 10.1 Å². The van der Waals surface area contributed by atoms with Crippen molar-refractivity contribution < 1.29 is 9.53 Å². The summed E-state index contributed by atoms with van der Waals surface area (Å²) in [6.07, 6.45) is 3.60. The predicted molar refractivity (Wildman–Crippen MR) is 80.7 cm³/mol. The van der Waals surface area contributed by atoms with Crippen molar-refractivity contribution in [2.75, 3.05) is 11.9 Å². The quantitative estimate of drug-likeness (QED) is 0.725. The summed E-state index contributed by atoms with van der Waals surface area (Å²) >= 11 is 6.33. The van der Waals surface area contributed by atoms with Crippen molar-refractivity contribution in [2.24, 2.45) is 0 Å². The van der Waals surface area contributed by atoms with Gasteiger partial charge in [0, 0.05) is 28.9 Å². The van der Waals surface area contributed by atoms with Crippen LogP contribution in [0, 0.1) is 0 Å². The van der Waals surface area contributed by atoms with Crippen LogP contribution in [0.4, 0.5) is 5.69 Å². The smallest absolute Gasteiger partial charge is 0.262 e. The van der Waals surface area contributed by atoms with Crippen LogP contribution in [0.25, 0.3) is 22.2 Å². The number of amides is 1. The number of carbonyl (C=O) groups excluding carboxylic acids is 1. The van der Waals surface area contributed by atoms with Gasteiger partial charge in [0.05, 0.1) is 10.7 Å². The first-order valence-electron chi connectivity index (χ1n) is 6.40. The van der Waals surface area contributed by atoms with Crippen LogP contribution in [0.3, 0.4) is 0 Å². The Bertz CT molecular complexity index is 872. The summed E-state index contributed by atoms with van der Waals surface area (Å²) in [6.45, 7) is 0.0170. The minimum Gasteiger partial charge on any atom is -0.482 e. The Morgan fingerprint density at radius 1 is 1.29 bits per heavy atom. The number of rotatable bonds is 1. The molecule has 1 aliphatic heterocycles. The molecule has 1 aliphatic rings. The summed E-state index contributed by atoms with van der Waals surface area (Å²) in [5, 5.41) is 4.28. The SMILES string of the molecule is O=C1COc2cc(-c3cnc4[nH]ccc4c3)c(Cl)cc2N1. The van der Waals surface area contributed by atoms with Gasteiger partial charge in [-0.05, 0) is 24.3 Å². The van der Waals surface area contributed by atoms with Gasteiger partial charge in [0.1, 0.15) is 11.4 Å². The number of aromatic amines is 1. The van der Waals surface area contributed by atoms with Crippen LogP contribution >= 0.6 is 11.6 Å². The number of ether oxygens (including phenoxy) is 1. The average Bonchev–Trinajstić information content (AvgIpc) is 2.93. The summed E-state index contributed by atoms with van der Waals surface area (Å²) in [6, 6.07) is 7.49. The summed E-state index contributed by atoms with van der Waals surface area (Å²) < 4.78 is 5.43. The molecule has 3 aromatic rings. The van der Waals surface area contributed by atoms with Gasteiger partial charge >= 0.3 is 0 Å². The molecule has 0 fully saturated rings. The molecule has 0 radical (unpaired) electrons. The Hall–Kier alpha value is -2.53. The number of hydrogen-bond donors (Lipinski definition) is 2. The number of benzene rings is 1. The van der Waals surface area contributed by atoms with Crippen molar-refractivity contribution in [2.45, 2.75) is 0 Å². The molecule has 0 saturated heterocycles. The highest BCUT2D eigenvalue weighted by Crippen LogP contribution is 2.38. The van der Waals surface area contributed by atoms with Crippen LogP contribution in [0.1, 0.15) is 0 Å². The number of carbonyl (C=O) groups is 1. The van der Waals surface area contributed by atoms with Gasteiger partial charge in [-0.3, -0.25) is 4.79 Å². The first kappa shape index (κ1) is 12.2. The van der Waals surface area contributed by atoms with E-state index < -0.39 is 0 Å². The molecule has 2 N–H and O–H groups in total. The van der Waals surface area contributed by atoms with Crippen molar-refractivity contribution >= 4 is 34.2 Å². The summed E-state index contributed by atoms with van der Waals surface area (Å²) in [5.74, 6) is 0.435. The van der Waals surface area contributed by atoms with Gasteiger partial charge in [-0.25, -0.2) is 4.98 Å². The summed E-state index contributed by atoms with van der Waals surface area (Å²) in [7, 11) is 0. The van der Waals surface area contributed by atoms with Crippen molar-refractivity contribution in [3.8, 4) is 16.9 Å². The summed E-state index contributed by atoms with van der Waals surface area (Å²) in [4.78, 5) is 18.7.